The Hall–Kier alpha value is -2.72. The summed E-state index contributed by atoms with van der Waals surface area (Å²) >= 11 is 0. The summed E-state index contributed by atoms with van der Waals surface area (Å²) in [5.74, 6) is -0.682. The fourth-order valence-electron chi connectivity index (χ4n) is 3.47. The molecule has 144 valence electrons. The van der Waals surface area contributed by atoms with Gasteiger partial charge in [-0.05, 0) is 49.3 Å². The standard InChI is InChI=1S/C21H25NO5/c1-6-15-14(4)17-10-27-21(25)19(17)20(22-11-23)16(15)8-7-12(2)13(3)9-18(24)26-5/h7,13H,6,8-10H2,1-5H3. The molecule has 1 aromatic carbocycles. The fraction of sp³-hybridized carbons (Fsp3) is 0.476. The smallest absolute Gasteiger partial charge is 0.341 e. The molecule has 2 rings (SSSR count). The second kappa shape index (κ2) is 8.78. The van der Waals surface area contributed by atoms with E-state index in [0.29, 0.717) is 24.1 Å². The first kappa shape index (κ1) is 20.6. The summed E-state index contributed by atoms with van der Waals surface area (Å²) in [5.41, 5.74) is 5.46. The van der Waals surface area contributed by atoms with E-state index in [-0.39, 0.29) is 18.5 Å². The molecule has 0 radical (unpaired) electrons. The van der Waals surface area contributed by atoms with Gasteiger partial charge in [-0.3, -0.25) is 4.79 Å². The number of aliphatic imine (C=N–C) groups is 1. The molecule has 0 aliphatic carbocycles. The van der Waals surface area contributed by atoms with E-state index in [1.165, 1.54) is 7.11 Å². The lowest BCUT2D eigenvalue weighted by molar-refractivity contribution is -0.141. The van der Waals surface area contributed by atoms with Crippen molar-refractivity contribution in [2.75, 3.05) is 7.11 Å². The van der Waals surface area contributed by atoms with Crippen LogP contribution in [0.1, 0.15) is 59.8 Å². The lowest BCUT2D eigenvalue weighted by Gasteiger charge is -2.17. The molecule has 1 unspecified atom stereocenters. The van der Waals surface area contributed by atoms with Gasteiger partial charge in [-0.25, -0.2) is 9.59 Å². The minimum absolute atomic E-state index is 0.0287. The second-order valence-corrected chi connectivity index (χ2v) is 6.75. The van der Waals surface area contributed by atoms with Gasteiger partial charge in [0.05, 0.1) is 24.8 Å². The number of methoxy groups -OCH3 is 1. The number of cyclic esters (lactones) is 1. The summed E-state index contributed by atoms with van der Waals surface area (Å²) in [5, 5.41) is 0. The van der Waals surface area contributed by atoms with Gasteiger partial charge >= 0.3 is 11.9 Å². The number of hydrogen-bond donors (Lipinski definition) is 0. The van der Waals surface area contributed by atoms with Crippen LogP contribution in [0.25, 0.3) is 0 Å². The zero-order valence-corrected chi connectivity index (χ0v) is 16.5. The second-order valence-electron chi connectivity index (χ2n) is 6.75. The molecule has 1 heterocycles. The van der Waals surface area contributed by atoms with Crippen LogP contribution in [0.2, 0.25) is 0 Å². The highest BCUT2D eigenvalue weighted by atomic mass is 16.5. The minimum Gasteiger partial charge on any atom is -0.469 e. The molecule has 0 N–H and O–H groups in total. The number of benzene rings is 1. The van der Waals surface area contributed by atoms with Crippen molar-refractivity contribution in [2.24, 2.45) is 10.9 Å². The van der Waals surface area contributed by atoms with Gasteiger partial charge in [0.2, 0.25) is 6.08 Å². The largest absolute Gasteiger partial charge is 0.469 e. The van der Waals surface area contributed by atoms with Gasteiger partial charge in [0, 0.05) is 5.56 Å². The predicted molar refractivity (Wildman–Crippen MR) is 101 cm³/mol. The Kier molecular flexibility index (Phi) is 6.70. The normalized spacial score (nSPS) is 14.3. The Labute approximate surface area is 159 Å². The Morgan fingerprint density at radius 3 is 2.70 bits per heavy atom. The summed E-state index contributed by atoms with van der Waals surface area (Å²) in [4.78, 5) is 38.5. The topological polar surface area (TPSA) is 82.0 Å². The van der Waals surface area contributed by atoms with E-state index in [4.69, 9.17) is 9.47 Å². The number of fused-ring (bicyclic) bond motifs is 1. The quantitative estimate of drug-likeness (QED) is 0.314. The number of rotatable bonds is 7. The molecular formula is C21H25NO5. The van der Waals surface area contributed by atoms with Crippen LogP contribution < -0.4 is 0 Å². The summed E-state index contributed by atoms with van der Waals surface area (Å²) in [6.07, 6.45) is 5.13. The molecule has 1 aliphatic rings. The average molecular weight is 371 g/mol. The van der Waals surface area contributed by atoms with Gasteiger partial charge in [-0.15, -0.1) is 0 Å². The van der Waals surface area contributed by atoms with Crippen LogP contribution in [-0.4, -0.2) is 25.1 Å². The van der Waals surface area contributed by atoms with E-state index >= 15 is 0 Å². The van der Waals surface area contributed by atoms with E-state index in [1.54, 1.807) is 6.08 Å². The SMILES string of the molecule is CCc1c(C)c2c(c(N=C=O)c1CC=C(C)C(C)CC(=O)OC)C(=O)OC2. The Morgan fingerprint density at radius 2 is 2.11 bits per heavy atom. The molecule has 0 bridgehead atoms. The van der Waals surface area contributed by atoms with Crippen molar-refractivity contribution < 1.29 is 23.9 Å². The predicted octanol–water partition coefficient (Wildman–Crippen LogP) is 3.88. The Bertz CT molecular complexity index is 847. The van der Waals surface area contributed by atoms with E-state index in [0.717, 1.165) is 34.2 Å². The summed E-state index contributed by atoms with van der Waals surface area (Å²) in [7, 11) is 1.37. The van der Waals surface area contributed by atoms with E-state index in [2.05, 4.69) is 4.99 Å². The highest BCUT2D eigenvalue weighted by Crippen LogP contribution is 2.39. The van der Waals surface area contributed by atoms with Crippen LogP contribution in [-0.2, 0) is 38.5 Å². The van der Waals surface area contributed by atoms with Crippen LogP contribution in [0, 0.1) is 12.8 Å². The number of ether oxygens (including phenoxy) is 2. The van der Waals surface area contributed by atoms with Gasteiger partial charge in [-0.2, -0.15) is 4.99 Å². The van der Waals surface area contributed by atoms with Crippen LogP contribution in [0.15, 0.2) is 16.6 Å². The minimum atomic E-state index is -0.453. The zero-order chi connectivity index (χ0) is 20.1. The molecule has 1 aliphatic heterocycles. The number of carbonyl (C=O) groups is 2. The van der Waals surface area contributed by atoms with Crippen LogP contribution in [0.5, 0.6) is 0 Å². The molecule has 1 aromatic rings. The maximum absolute atomic E-state index is 12.2. The van der Waals surface area contributed by atoms with E-state index in [9.17, 15) is 14.4 Å². The summed E-state index contributed by atoms with van der Waals surface area (Å²) < 4.78 is 9.89. The number of nitrogens with zero attached hydrogens (tertiary/aromatic N) is 1. The summed E-state index contributed by atoms with van der Waals surface area (Å²) in [6, 6.07) is 0. The average Bonchev–Trinajstić information content (AvgIpc) is 3.04. The Balaban J connectivity index is 2.50. The molecule has 27 heavy (non-hydrogen) atoms. The van der Waals surface area contributed by atoms with Crippen LogP contribution >= 0.6 is 0 Å². The molecule has 0 saturated carbocycles. The first-order valence-corrected chi connectivity index (χ1v) is 9.01. The van der Waals surface area contributed by atoms with Crippen molar-refractivity contribution in [1.82, 2.24) is 0 Å². The fourth-order valence-corrected chi connectivity index (χ4v) is 3.47. The molecule has 1 atom stereocenters. The van der Waals surface area contributed by atoms with Gasteiger partial charge in [0.15, 0.2) is 0 Å². The maximum atomic E-state index is 12.2. The number of esters is 2. The maximum Gasteiger partial charge on any atom is 0.341 e. The third-order valence-electron chi connectivity index (χ3n) is 5.26. The number of isocyanates is 1. The van der Waals surface area contributed by atoms with Crippen molar-refractivity contribution in [3.05, 3.63) is 39.5 Å². The van der Waals surface area contributed by atoms with Crippen molar-refractivity contribution in [2.45, 2.75) is 53.6 Å². The van der Waals surface area contributed by atoms with Crippen LogP contribution in [0.3, 0.4) is 0 Å². The number of carbonyl (C=O) groups excluding carboxylic acids is 3. The first-order chi connectivity index (χ1) is 12.8. The third-order valence-corrected chi connectivity index (χ3v) is 5.26. The molecule has 0 fully saturated rings. The molecule has 0 aromatic heterocycles. The van der Waals surface area contributed by atoms with Crippen molar-refractivity contribution >= 4 is 23.7 Å². The molecule has 0 spiro atoms. The van der Waals surface area contributed by atoms with E-state index < -0.39 is 5.97 Å². The van der Waals surface area contributed by atoms with Crippen molar-refractivity contribution in [3.8, 4) is 0 Å². The van der Waals surface area contributed by atoms with Crippen molar-refractivity contribution in [3.63, 3.8) is 0 Å². The third kappa shape index (κ3) is 4.17. The molecule has 0 amide bonds. The van der Waals surface area contributed by atoms with Gasteiger partial charge in [0.25, 0.3) is 0 Å². The lowest BCUT2D eigenvalue weighted by atomic mass is 9.87. The van der Waals surface area contributed by atoms with Gasteiger partial charge in [-0.1, -0.05) is 25.5 Å². The molecule has 0 saturated heterocycles. The lowest BCUT2D eigenvalue weighted by Crippen LogP contribution is -2.09. The van der Waals surface area contributed by atoms with Gasteiger partial charge < -0.3 is 9.47 Å². The number of allylic oxidation sites excluding steroid dienone is 2. The number of hydrogen-bond acceptors (Lipinski definition) is 6. The van der Waals surface area contributed by atoms with Crippen molar-refractivity contribution in [1.29, 1.82) is 0 Å². The Morgan fingerprint density at radius 1 is 1.41 bits per heavy atom. The monoisotopic (exact) mass is 371 g/mol. The summed E-state index contributed by atoms with van der Waals surface area (Å²) in [6.45, 7) is 8.12. The molecule has 6 heteroatoms. The highest BCUT2D eigenvalue weighted by molar-refractivity contribution is 6.00. The zero-order valence-electron chi connectivity index (χ0n) is 16.5. The molecular weight excluding hydrogens is 346 g/mol. The van der Waals surface area contributed by atoms with Gasteiger partial charge in [0.1, 0.15) is 6.61 Å². The molecule has 6 nitrogen and oxygen atoms in total. The highest BCUT2D eigenvalue weighted by Gasteiger charge is 2.31. The first-order valence-electron chi connectivity index (χ1n) is 9.01. The van der Waals surface area contributed by atoms with E-state index in [1.807, 2.05) is 33.8 Å². The van der Waals surface area contributed by atoms with Crippen LogP contribution in [0.4, 0.5) is 5.69 Å².